The first-order valence-corrected chi connectivity index (χ1v) is 6.66. The molecule has 0 saturated heterocycles. The van der Waals surface area contributed by atoms with Crippen LogP contribution in [0.15, 0.2) is 47.1 Å². The topological polar surface area (TPSA) is 83.5 Å². The van der Waals surface area contributed by atoms with Crippen LogP contribution in [-0.4, -0.2) is 31.9 Å². The minimum atomic E-state index is -3.73. The maximum absolute atomic E-state index is 13.3. The normalized spacial score (nSPS) is 12.2. The largest absolute Gasteiger partial charge is 0.465 e. The fourth-order valence-electron chi connectivity index (χ4n) is 1.20. The zero-order chi connectivity index (χ0) is 13.6. The van der Waals surface area contributed by atoms with Crippen LogP contribution in [0, 0.1) is 0 Å². The van der Waals surface area contributed by atoms with E-state index in [1.165, 1.54) is 12.1 Å². The van der Waals surface area contributed by atoms with E-state index in [2.05, 4.69) is 0 Å². The van der Waals surface area contributed by atoms with Gasteiger partial charge in [-0.05, 0) is 18.2 Å². The third kappa shape index (κ3) is 4.54. The molecular weight excluding hydrogens is 261 g/mol. The summed E-state index contributed by atoms with van der Waals surface area (Å²) in [6, 6.07) is 7.49. The molecule has 0 aromatic heterocycles. The highest BCUT2D eigenvalue weighted by molar-refractivity contribution is 7.91. The molecule has 0 unspecified atom stereocenters. The lowest BCUT2D eigenvalue weighted by atomic mass is 10.4. The monoisotopic (exact) mass is 273 g/mol. The Balaban J connectivity index is 2.69. The lowest BCUT2D eigenvalue weighted by Crippen LogP contribution is -2.21. The molecule has 0 heterocycles. The van der Waals surface area contributed by atoms with Gasteiger partial charge in [-0.15, -0.1) is 0 Å². The number of carbonyl (C=O) groups is 1. The van der Waals surface area contributed by atoms with E-state index in [9.17, 15) is 17.6 Å². The van der Waals surface area contributed by atoms with Crippen LogP contribution in [0.2, 0.25) is 0 Å². The molecule has 0 aliphatic rings. The third-order valence-corrected chi connectivity index (χ3v) is 3.65. The Hall–Kier alpha value is -1.89. The fraction of sp³-hybridized carbons (Fsp3) is 0.182. The van der Waals surface area contributed by atoms with Gasteiger partial charge in [0.1, 0.15) is 11.6 Å². The fourth-order valence-corrected chi connectivity index (χ4v) is 2.42. The number of hydrogen-bond acceptors (Lipinski definition) is 3. The number of nitrogens with one attached hydrogen (secondary N) is 1. The second-order valence-electron chi connectivity index (χ2n) is 3.41. The van der Waals surface area contributed by atoms with E-state index in [4.69, 9.17) is 5.11 Å². The van der Waals surface area contributed by atoms with E-state index in [1.54, 1.807) is 18.2 Å². The van der Waals surface area contributed by atoms with Crippen LogP contribution < -0.4 is 5.32 Å². The first-order valence-electron chi connectivity index (χ1n) is 5.01. The molecule has 1 aromatic rings. The molecule has 0 radical (unpaired) electrons. The predicted molar refractivity (Wildman–Crippen MR) is 63.7 cm³/mol. The Labute approximate surface area is 104 Å². The first kappa shape index (κ1) is 14.2. The van der Waals surface area contributed by atoms with Gasteiger partial charge in [0.05, 0.1) is 4.90 Å². The molecule has 0 aliphatic heterocycles. The Morgan fingerprint density at radius 2 is 1.94 bits per heavy atom. The van der Waals surface area contributed by atoms with Gasteiger partial charge < -0.3 is 10.4 Å². The number of benzene rings is 1. The molecule has 0 atom stereocenters. The summed E-state index contributed by atoms with van der Waals surface area (Å²) in [6.07, 6.45) is -0.417. The van der Waals surface area contributed by atoms with Crippen molar-refractivity contribution in [3.05, 3.63) is 42.2 Å². The van der Waals surface area contributed by atoms with Crippen molar-refractivity contribution in [2.24, 2.45) is 0 Å². The van der Waals surface area contributed by atoms with Crippen molar-refractivity contribution in [3.63, 3.8) is 0 Å². The summed E-state index contributed by atoms with van der Waals surface area (Å²) in [5.74, 6) is -1.68. The van der Waals surface area contributed by atoms with Gasteiger partial charge in [0, 0.05) is 6.54 Å². The predicted octanol–water partition coefficient (Wildman–Crippen LogP) is 1.58. The number of rotatable bonds is 5. The molecular formula is C11H12FNO4S. The van der Waals surface area contributed by atoms with E-state index in [-0.39, 0.29) is 11.4 Å². The molecule has 1 aromatic carbocycles. The molecule has 2 N–H and O–H groups in total. The highest BCUT2D eigenvalue weighted by Gasteiger charge is 2.16. The second kappa shape index (κ2) is 6.15. The molecule has 0 spiro atoms. The minimum Gasteiger partial charge on any atom is -0.465 e. The van der Waals surface area contributed by atoms with Crippen molar-refractivity contribution < 1.29 is 22.7 Å². The Morgan fingerprint density at radius 1 is 1.33 bits per heavy atom. The van der Waals surface area contributed by atoms with Crippen molar-refractivity contribution in [1.29, 1.82) is 0 Å². The zero-order valence-electron chi connectivity index (χ0n) is 9.34. The molecule has 0 bridgehead atoms. The third-order valence-electron chi connectivity index (χ3n) is 2.01. The summed E-state index contributed by atoms with van der Waals surface area (Å²) in [6.45, 7) is -0.272. The average Bonchev–Trinajstić information content (AvgIpc) is 2.29. The molecule has 1 rings (SSSR count). The number of amides is 1. The standard InChI is InChI=1S/C11H12FNO4S/c12-9(6-7-13-11(14)15)8-18(16,17)10-4-2-1-3-5-10/h1-6,13H,7-8H2,(H,14,15)/b9-6-. The number of carboxylic acid groups (broad SMARTS) is 1. The lowest BCUT2D eigenvalue weighted by molar-refractivity contribution is 0.195. The molecule has 0 aliphatic carbocycles. The summed E-state index contributed by atoms with van der Waals surface area (Å²) < 4.78 is 36.7. The van der Waals surface area contributed by atoms with Crippen LogP contribution in [0.4, 0.5) is 9.18 Å². The van der Waals surface area contributed by atoms with Crippen molar-refractivity contribution in [2.45, 2.75) is 4.90 Å². The van der Waals surface area contributed by atoms with Gasteiger partial charge in [0.15, 0.2) is 9.84 Å². The van der Waals surface area contributed by atoms with Crippen molar-refractivity contribution >= 4 is 15.9 Å². The smallest absolute Gasteiger partial charge is 0.404 e. The van der Waals surface area contributed by atoms with Gasteiger partial charge >= 0.3 is 6.09 Å². The minimum absolute atomic E-state index is 0.0275. The second-order valence-corrected chi connectivity index (χ2v) is 5.40. The molecule has 18 heavy (non-hydrogen) atoms. The van der Waals surface area contributed by atoms with Gasteiger partial charge in [-0.2, -0.15) is 0 Å². The lowest BCUT2D eigenvalue weighted by Gasteiger charge is -2.02. The molecule has 0 saturated carbocycles. The SMILES string of the molecule is O=C(O)NC/C=C(\F)CS(=O)(=O)c1ccccc1. The van der Waals surface area contributed by atoms with Crippen molar-refractivity contribution in [3.8, 4) is 0 Å². The number of hydrogen-bond donors (Lipinski definition) is 2. The van der Waals surface area contributed by atoms with Crippen LogP contribution >= 0.6 is 0 Å². The van der Waals surface area contributed by atoms with Crippen LogP contribution in [-0.2, 0) is 9.84 Å². The van der Waals surface area contributed by atoms with E-state index >= 15 is 0 Å². The Kier molecular flexibility index (Phi) is 4.85. The van der Waals surface area contributed by atoms with E-state index in [0.29, 0.717) is 0 Å². The van der Waals surface area contributed by atoms with Crippen LogP contribution in [0.3, 0.4) is 0 Å². The van der Waals surface area contributed by atoms with Gasteiger partial charge in [-0.1, -0.05) is 18.2 Å². The molecule has 7 heteroatoms. The maximum Gasteiger partial charge on any atom is 0.404 e. The summed E-state index contributed by atoms with van der Waals surface area (Å²) in [5.41, 5.74) is 0. The van der Waals surface area contributed by atoms with E-state index in [0.717, 1.165) is 6.08 Å². The summed E-state index contributed by atoms with van der Waals surface area (Å²) in [5, 5.41) is 10.2. The number of sulfone groups is 1. The van der Waals surface area contributed by atoms with E-state index in [1.807, 2.05) is 5.32 Å². The molecule has 98 valence electrons. The summed E-state index contributed by atoms with van der Waals surface area (Å²) in [4.78, 5) is 10.1. The van der Waals surface area contributed by atoms with E-state index < -0.39 is 27.5 Å². The number of halogens is 1. The van der Waals surface area contributed by atoms with Crippen LogP contribution in [0.25, 0.3) is 0 Å². The van der Waals surface area contributed by atoms with Gasteiger partial charge in [-0.25, -0.2) is 17.6 Å². The van der Waals surface area contributed by atoms with Gasteiger partial charge in [-0.3, -0.25) is 0 Å². The average molecular weight is 273 g/mol. The first-order chi connectivity index (χ1) is 8.42. The van der Waals surface area contributed by atoms with Crippen LogP contribution in [0.1, 0.15) is 0 Å². The quantitative estimate of drug-likeness (QED) is 0.853. The zero-order valence-corrected chi connectivity index (χ0v) is 10.2. The molecule has 1 amide bonds. The summed E-state index contributed by atoms with van der Waals surface area (Å²) in [7, 11) is -3.73. The molecule has 5 nitrogen and oxygen atoms in total. The summed E-state index contributed by atoms with van der Waals surface area (Å²) >= 11 is 0. The highest BCUT2D eigenvalue weighted by Crippen LogP contribution is 2.13. The maximum atomic E-state index is 13.3. The van der Waals surface area contributed by atoms with Gasteiger partial charge in [0.2, 0.25) is 0 Å². The Morgan fingerprint density at radius 3 is 2.50 bits per heavy atom. The van der Waals surface area contributed by atoms with Crippen molar-refractivity contribution in [2.75, 3.05) is 12.3 Å². The highest BCUT2D eigenvalue weighted by atomic mass is 32.2. The van der Waals surface area contributed by atoms with Crippen LogP contribution in [0.5, 0.6) is 0 Å². The molecule has 0 fully saturated rings. The van der Waals surface area contributed by atoms with Crippen molar-refractivity contribution in [1.82, 2.24) is 5.32 Å². The Bertz CT molecular complexity index is 539. The van der Waals surface area contributed by atoms with Gasteiger partial charge in [0.25, 0.3) is 0 Å².